The summed E-state index contributed by atoms with van der Waals surface area (Å²) in [5.74, 6) is -0.187. The minimum atomic E-state index is -0.292. The van der Waals surface area contributed by atoms with Crippen LogP contribution in [-0.4, -0.2) is 42.4 Å². The fraction of sp³-hybridized carbons (Fsp3) is 0.429. The lowest BCUT2D eigenvalue weighted by Crippen LogP contribution is -2.47. The van der Waals surface area contributed by atoms with Crippen molar-refractivity contribution in [2.75, 3.05) is 19.6 Å². The highest BCUT2D eigenvalue weighted by atomic mass is 19.1. The summed E-state index contributed by atoms with van der Waals surface area (Å²) in [5, 5.41) is 5.95. The molecule has 7 heteroatoms. The van der Waals surface area contributed by atoms with E-state index in [1.54, 1.807) is 18.2 Å². The Morgan fingerprint density at radius 2 is 1.89 bits per heavy atom. The van der Waals surface area contributed by atoms with Gasteiger partial charge in [-0.1, -0.05) is 12.1 Å². The van der Waals surface area contributed by atoms with Gasteiger partial charge < -0.3 is 15.1 Å². The molecule has 0 spiro atoms. The first-order chi connectivity index (χ1) is 13.4. The van der Waals surface area contributed by atoms with Gasteiger partial charge >= 0.3 is 0 Å². The van der Waals surface area contributed by atoms with E-state index in [1.807, 2.05) is 13.8 Å². The van der Waals surface area contributed by atoms with Gasteiger partial charge in [0.05, 0.1) is 18.8 Å². The highest BCUT2D eigenvalue weighted by molar-refractivity contribution is 5.93. The Bertz CT molecular complexity index is 811. The van der Waals surface area contributed by atoms with Crippen LogP contribution in [0.5, 0.6) is 0 Å². The number of furan rings is 1. The third kappa shape index (κ3) is 5.19. The van der Waals surface area contributed by atoms with Gasteiger partial charge in [0, 0.05) is 24.7 Å². The van der Waals surface area contributed by atoms with Crippen molar-refractivity contribution < 1.29 is 18.4 Å². The minimum absolute atomic E-state index is 0.0643. The van der Waals surface area contributed by atoms with Crippen molar-refractivity contribution in [2.24, 2.45) is 0 Å². The van der Waals surface area contributed by atoms with Crippen LogP contribution in [0, 0.1) is 12.7 Å². The molecule has 2 aromatic rings. The first-order valence-corrected chi connectivity index (χ1v) is 9.54. The lowest BCUT2D eigenvalue weighted by Gasteiger charge is -2.32. The number of benzene rings is 1. The zero-order valence-corrected chi connectivity index (χ0v) is 16.2. The van der Waals surface area contributed by atoms with Gasteiger partial charge in [-0.2, -0.15) is 0 Å². The van der Waals surface area contributed by atoms with Gasteiger partial charge in [0.15, 0.2) is 5.76 Å². The molecule has 1 aliphatic heterocycles. The predicted octanol–water partition coefficient (Wildman–Crippen LogP) is 2.80. The molecular formula is C21H26FN3O3. The van der Waals surface area contributed by atoms with Crippen molar-refractivity contribution in [3.8, 4) is 0 Å². The second-order valence-corrected chi connectivity index (χ2v) is 7.30. The zero-order chi connectivity index (χ0) is 20.1. The van der Waals surface area contributed by atoms with E-state index >= 15 is 0 Å². The highest BCUT2D eigenvalue weighted by Crippen LogP contribution is 2.15. The summed E-state index contributed by atoms with van der Waals surface area (Å²) < 4.78 is 18.2. The number of aryl methyl sites for hydroxylation is 1. The number of halogens is 1. The van der Waals surface area contributed by atoms with Crippen LogP contribution < -0.4 is 10.6 Å². The second kappa shape index (κ2) is 9.01. The quantitative estimate of drug-likeness (QED) is 0.799. The van der Waals surface area contributed by atoms with Gasteiger partial charge in [0.1, 0.15) is 5.82 Å². The van der Waals surface area contributed by atoms with Crippen LogP contribution >= 0.6 is 0 Å². The molecule has 1 aliphatic rings. The van der Waals surface area contributed by atoms with Gasteiger partial charge in [-0.15, -0.1) is 0 Å². The molecule has 0 saturated carbocycles. The Hall–Kier alpha value is -2.67. The van der Waals surface area contributed by atoms with E-state index in [0.29, 0.717) is 12.3 Å². The van der Waals surface area contributed by atoms with E-state index in [1.165, 1.54) is 18.4 Å². The normalized spacial score (nSPS) is 16.5. The van der Waals surface area contributed by atoms with Gasteiger partial charge in [-0.3, -0.25) is 14.5 Å². The predicted molar refractivity (Wildman–Crippen MR) is 103 cm³/mol. The monoisotopic (exact) mass is 387 g/mol. The van der Waals surface area contributed by atoms with Crippen LogP contribution in [0.4, 0.5) is 4.39 Å². The molecule has 3 rings (SSSR count). The Kier molecular flexibility index (Phi) is 6.46. The lowest BCUT2D eigenvalue weighted by atomic mass is 10.0. The number of amides is 2. The average Bonchev–Trinajstić information content (AvgIpc) is 3.10. The SMILES string of the molecule is Cc1ccoc1C(=O)NC1CCN(CC(=O)NC(C)c2ccc(F)cc2)CC1. The van der Waals surface area contributed by atoms with E-state index in [4.69, 9.17) is 4.42 Å². The summed E-state index contributed by atoms with van der Waals surface area (Å²) in [6, 6.07) is 7.80. The molecule has 1 unspecified atom stereocenters. The largest absolute Gasteiger partial charge is 0.459 e. The summed E-state index contributed by atoms with van der Waals surface area (Å²) in [5.41, 5.74) is 1.69. The van der Waals surface area contributed by atoms with Crippen LogP contribution in [0.15, 0.2) is 41.0 Å². The van der Waals surface area contributed by atoms with E-state index in [0.717, 1.165) is 37.1 Å². The third-order valence-corrected chi connectivity index (χ3v) is 5.11. The van der Waals surface area contributed by atoms with Crippen molar-refractivity contribution >= 4 is 11.8 Å². The molecule has 2 N–H and O–H groups in total. The molecule has 1 atom stereocenters. The molecule has 2 amide bonds. The Balaban J connectivity index is 1.41. The number of piperidine rings is 1. The number of nitrogens with zero attached hydrogens (tertiary/aromatic N) is 1. The summed E-state index contributed by atoms with van der Waals surface area (Å²) >= 11 is 0. The third-order valence-electron chi connectivity index (χ3n) is 5.11. The van der Waals surface area contributed by atoms with Gasteiger partial charge in [0.2, 0.25) is 5.91 Å². The standard InChI is InChI=1S/C21H26FN3O3/c1-14-9-12-28-20(14)21(27)24-18-7-10-25(11-8-18)13-19(26)23-15(2)16-3-5-17(22)6-4-16/h3-6,9,12,15,18H,7-8,10-11,13H2,1-2H3,(H,23,26)(H,24,27). The maximum atomic E-state index is 13.0. The summed E-state index contributed by atoms with van der Waals surface area (Å²) in [4.78, 5) is 26.6. The van der Waals surface area contributed by atoms with Gasteiger partial charge in [0.25, 0.3) is 5.91 Å². The van der Waals surface area contributed by atoms with Crippen molar-refractivity contribution in [3.63, 3.8) is 0 Å². The Morgan fingerprint density at radius 1 is 1.21 bits per heavy atom. The van der Waals surface area contributed by atoms with Crippen LogP contribution in [-0.2, 0) is 4.79 Å². The van der Waals surface area contributed by atoms with Crippen molar-refractivity contribution in [3.05, 3.63) is 59.3 Å². The molecule has 0 aliphatic carbocycles. The van der Waals surface area contributed by atoms with Crippen molar-refractivity contribution in [1.29, 1.82) is 0 Å². The molecule has 6 nitrogen and oxygen atoms in total. The fourth-order valence-corrected chi connectivity index (χ4v) is 3.42. The van der Waals surface area contributed by atoms with Crippen LogP contribution in [0.3, 0.4) is 0 Å². The molecule has 1 fully saturated rings. The number of rotatable bonds is 6. The number of hydrogen-bond donors (Lipinski definition) is 2. The number of likely N-dealkylation sites (tertiary alicyclic amines) is 1. The van der Waals surface area contributed by atoms with E-state index in [9.17, 15) is 14.0 Å². The lowest BCUT2D eigenvalue weighted by molar-refractivity contribution is -0.123. The minimum Gasteiger partial charge on any atom is -0.459 e. The maximum absolute atomic E-state index is 13.0. The molecule has 1 saturated heterocycles. The fourth-order valence-electron chi connectivity index (χ4n) is 3.42. The topological polar surface area (TPSA) is 74.6 Å². The number of carbonyl (C=O) groups is 2. The van der Waals surface area contributed by atoms with E-state index < -0.39 is 0 Å². The molecule has 1 aromatic carbocycles. The second-order valence-electron chi connectivity index (χ2n) is 7.30. The average molecular weight is 387 g/mol. The van der Waals surface area contributed by atoms with Gasteiger partial charge in [-0.05, 0) is 50.5 Å². The smallest absolute Gasteiger partial charge is 0.287 e. The van der Waals surface area contributed by atoms with Crippen LogP contribution in [0.1, 0.15) is 47.5 Å². The number of carbonyl (C=O) groups excluding carboxylic acids is 2. The summed E-state index contributed by atoms with van der Waals surface area (Å²) in [6.07, 6.45) is 3.08. The Morgan fingerprint density at radius 3 is 2.50 bits per heavy atom. The van der Waals surface area contributed by atoms with E-state index in [2.05, 4.69) is 15.5 Å². The van der Waals surface area contributed by atoms with Crippen molar-refractivity contribution in [2.45, 2.75) is 38.8 Å². The molecule has 28 heavy (non-hydrogen) atoms. The maximum Gasteiger partial charge on any atom is 0.287 e. The summed E-state index contributed by atoms with van der Waals surface area (Å²) in [7, 11) is 0. The molecule has 2 heterocycles. The highest BCUT2D eigenvalue weighted by Gasteiger charge is 2.24. The zero-order valence-electron chi connectivity index (χ0n) is 16.2. The first-order valence-electron chi connectivity index (χ1n) is 9.54. The van der Waals surface area contributed by atoms with Crippen LogP contribution in [0.2, 0.25) is 0 Å². The van der Waals surface area contributed by atoms with E-state index in [-0.39, 0.29) is 29.7 Å². The number of nitrogens with one attached hydrogen (secondary N) is 2. The molecule has 0 radical (unpaired) electrons. The number of hydrogen-bond acceptors (Lipinski definition) is 4. The molecule has 150 valence electrons. The van der Waals surface area contributed by atoms with Crippen molar-refractivity contribution in [1.82, 2.24) is 15.5 Å². The van der Waals surface area contributed by atoms with Gasteiger partial charge in [-0.25, -0.2) is 4.39 Å². The first kappa shape index (κ1) is 20.1. The molecule has 0 bridgehead atoms. The van der Waals surface area contributed by atoms with Crippen LogP contribution in [0.25, 0.3) is 0 Å². The molecule has 1 aromatic heterocycles. The summed E-state index contributed by atoms with van der Waals surface area (Å²) in [6.45, 7) is 5.50. The molecular weight excluding hydrogens is 361 g/mol. The Labute approximate surface area is 164 Å².